The first-order chi connectivity index (χ1) is 19.8. The van der Waals surface area contributed by atoms with Crippen LogP contribution in [0, 0.1) is 0 Å². The molecule has 5 heteroatoms. The maximum atomic E-state index is 5.13. The van der Waals surface area contributed by atoms with Crippen molar-refractivity contribution in [1.82, 2.24) is 19.9 Å². The predicted molar refractivity (Wildman–Crippen MR) is 163 cm³/mol. The Morgan fingerprint density at radius 2 is 0.585 bits per heavy atom. The molecule has 7 aromatic rings. The van der Waals surface area contributed by atoms with Crippen molar-refractivity contribution in [2.75, 3.05) is 0 Å². The molecule has 193 valence electrons. The number of fused-ring (bicyclic) bond motifs is 20. The third-order valence-corrected chi connectivity index (χ3v) is 7.97. The predicted octanol–water partition coefficient (Wildman–Crippen LogP) is 8.54. The van der Waals surface area contributed by atoms with Crippen molar-refractivity contribution in [3.8, 4) is 45.0 Å². The van der Waals surface area contributed by atoms with Crippen molar-refractivity contribution < 1.29 is 16.8 Å². The molecule has 0 spiro atoms. The van der Waals surface area contributed by atoms with E-state index in [2.05, 4.69) is 121 Å². The monoisotopic (exact) mass is 567 g/mol. The number of aromatic nitrogens is 4. The molecular weight excluding hydrogens is 547 g/mol. The fourth-order valence-corrected chi connectivity index (χ4v) is 6.12. The summed E-state index contributed by atoms with van der Waals surface area (Å²) in [4.78, 5) is 20.5. The molecule has 0 aliphatic carbocycles. The average molecular weight is 568 g/mol. The van der Waals surface area contributed by atoms with E-state index >= 15 is 0 Å². The van der Waals surface area contributed by atoms with Crippen LogP contribution in [0.3, 0.4) is 0 Å². The second kappa shape index (κ2) is 9.03. The summed E-state index contributed by atoms with van der Waals surface area (Å²) in [6.45, 7) is 0. The van der Waals surface area contributed by atoms with E-state index in [4.69, 9.17) is 19.9 Å². The van der Waals surface area contributed by atoms with E-state index in [-0.39, 0.29) is 16.8 Å². The van der Waals surface area contributed by atoms with Crippen LogP contribution < -0.4 is 9.97 Å². The van der Waals surface area contributed by atoms with E-state index in [1.807, 2.05) is 0 Å². The van der Waals surface area contributed by atoms with Gasteiger partial charge in [0.1, 0.15) is 0 Å². The fourth-order valence-electron chi connectivity index (χ4n) is 6.12. The van der Waals surface area contributed by atoms with Gasteiger partial charge in [-0.05, 0) is 45.8 Å². The molecule has 41 heavy (non-hydrogen) atoms. The van der Waals surface area contributed by atoms with E-state index in [1.165, 1.54) is 0 Å². The molecule has 0 saturated carbocycles. The molecule has 3 aromatic heterocycles. The Morgan fingerprint density at radius 3 is 0.854 bits per heavy atom. The van der Waals surface area contributed by atoms with Gasteiger partial charge in [-0.3, -0.25) is 0 Å². The number of hydrogen-bond acceptors (Lipinski definition) is 2. The Hall–Kier alpha value is -4.97. The molecule has 0 N–H and O–H groups in total. The van der Waals surface area contributed by atoms with Crippen LogP contribution in [0.4, 0.5) is 0 Å². The van der Waals surface area contributed by atoms with Crippen LogP contribution in [0.1, 0.15) is 0 Å². The Balaban J connectivity index is 0.00000256. The van der Waals surface area contributed by atoms with Gasteiger partial charge in [0.2, 0.25) is 0 Å². The minimum Gasteiger partial charge on any atom is -0.657 e. The number of benzene rings is 4. The summed E-state index contributed by atoms with van der Waals surface area (Å²) < 4.78 is 0. The normalized spacial score (nSPS) is 11.7. The first-order valence-electron chi connectivity index (χ1n) is 13.4. The second-order valence-electron chi connectivity index (χ2n) is 10.3. The number of rotatable bonds is 0. The van der Waals surface area contributed by atoms with Gasteiger partial charge in [-0.1, -0.05) is 97.1 Å². The Kier molecular flexibility index (Phi) is 5.26. The van der Waals surface area contributed by atoms with Crippen LogP contribution in [-0.2, 0) is 16.8 Å². The summed E-state index contributed by atoms with van der Waals surface area (Å²) in [5, 5.41) is 4.41. The molecule has 5 heterocycles. The average Bonchev–Trinajstić information content (AvgIpc) is 3.73. The maximum absolute atomic E-state index is 5.13. The zero-order chi connectivity index (χ0) is 26.2. The van der Waals surface area contributed by atoms with Gasteiger partial charge >= 0.3 is 16.8 Å². The second-order valence-corrected chi connectivity index (χ2v) is 10.3. The molecule has 8 bridgehead atoms. The molecule has 2 aliphatic rings. The van der Waals surface area contributed by atoms with Gasteiger partial charge in [0, 0.05) is 22.3 Å². The number of nitrogens with zero attached hydrogens (tertiary/aromatic N) is 4. The molecule has 0 saturated heterocycles. The van der Waals surface area contributed by atoms with Crippen LogP contribution in [0.25, 0.3) is 88.6 Å². The van der Waals surface area contributed by atoms with Gasteiger partial charge in [0.25, 0.3) is 0 Å². The van der Waals surface area contributed by atoms with Gasteiger partial charge in [0.15, 0.2) is 0 Å². The molecule has 9 rings (SSSR count). The van der Waals surface area contributed by atoms with Gasteiger partial charge in [-0.25, -0.2) is 9.97 Å². The third-order valence-electron chi connectivity index (χ3n) is 7.97. The molecule has 1 radical (unpaired) electrons. The molecule has 0 amide bonds. The van der Waals surface area contributed by atoms with Crippen LogP contribution in [0.5, 0.6) is 0 Å². The molecular formula is C36H20CoN4. The molecule has 0 unspecified atom stereocenters. The van der Waals surface area contributed by atoms with E-state index in [9.17, 15) is 0 Å². The zero-order valence-electron chi connectivity index (χ0n) is 21.7. The standard InChI is InChI=1S/C36H20N4.Co/c1-2-10-22-21(9-1)29-17-31-23-11-3-4-12-24(23)33(38-31)19-35-27-15-7-8-16-28(27)36(40-35)20-34-26-14-6-5-13-25(26)32(39-34)18-30(22)37-29;/h1-20H;/q-2;+2. The molecule has 0 atom stereocenters. The summed E-state index contributed by atoms with van der Waals surface area (Å²) in [7, 11) is 0. The maximum Gasteiger partial charge on any atom is 2.00 e. The van der Waals surface area contributed by atoms with Gasteiger partial charge < -0.3 is 9.97 Å². The Labute approximate surface area is 246 Å². The molecule has 4 nitrogen and oxygen atoms in total. The summed E-state index contributed by atoms with van der Waals surface area (Å²) >= 11 is 0. The van der Waals surface area contributed by atoms with Crippen LogP contribution in [-0.4, -0.2) is 9.97 Å². The summed E-state index contributed by atoms with van der Waals surface area (Å²) in [6.07, 6.45) is 0. The smallest absolute Gasteiger partial charge is 0.657 e. The van der Waals surface area contributed by atoms with E-state index in [0.717, 1.165) is 88.6 Å². The molecule has 2 aliphatic heterocycles. The number of hydrogen-bond donors (Lipinski definition) is 0. The van der Waals surface area contributed by atoms with Crippen molar-refractivity contribution in [2.45, 2.75) is 0 Å². The van der Waals surface area contributed by atoms with Gasteiger partial charge in [0.05, 0.1) is 22.8 Å². The molecule has 4 aromatic carbocycles. The van der Waals surface area contributed by atoms with Gasteiger partial charge in [-0.15, -0.1) is 22.1 Å². The van der Waals surface area contributed by atoms with E-state index in [0.29, 0.717) is 0 Å². The Morgan fingerprint density at radius 1 is 0.341 bits per heavy atom. The third kappa shape index (κ3) is 3.60. The summed E-state index contributed by atoms with van der Waals surface area (Å²) in [5.74, 6) is 0. The fraction of sp³-hybridized carbons (Fsp3) is 0. The zero-order valence-corrected chi connectivity index (χ0v) is 22.7. The Bertz CT molecular complexity index is 2020. The van der Waals surface area contributed by atoms with Crippen molar-refractivity contribution in [2.24, 2.45) is 0 Å². The minimum atomic E-state index is 0. The van der Waals surface area contributed by atoms with Crippen molar-refractivity contribution in [1.29, 1.82) is 0 Å². The first kappa shape index (κ1) is 23.9. The summed E-state index contributed by atoms with van der Waals surface area (Å²) in [6, 6.07) is 42.1. The topological polar surface area (TPSA) is 54.0 Å². The van der Waals surface area contributed by atoms with Crippen molar-refractivity contribution in [3.63, 3.8) is 0 Å². The quantitative estimate of drug-likeness (QED) is 0.184. The van der Waals surface area contributed by atoms with Crippen molar-refractivity contribution in [3.05, 3.63) is 121 Å². The van der Waals surface area contributed by atoms with Crippen LogP contribution in [0.15, 0.2) is 121 Å². The summed E-state index contributed by atoms with van der Waals surface area (Å²) in [5.41, 5.74) is 11.7. The van der Waals surface area contributed by atoms with Gasteiger partial charge in [-0.2, -0.15) is 0 Å². The van der Waals surface area contributed by atoms with Crippen LogP contribution in [0.2, 0.25) is 0 Å². The SMILES string of the molecule is [Co+2].c1ccc2c(c1)-c1cc3[n-]c(cc4nc(cc5[n-]c(cc-2n1)c1ccccc51)-c1ccccc1-4)c1ccccc31. The first-order valence-corrected chi connectivity index (χ1v) is 13.4. The largest absolute Gasteiger partial charge is 2.00 e. The van der Waals surface area contributed by atoms with Crippen LogP contribution >= 0.6 is 0 Å². The van der Waals surface area contributed by atoms with Crippen molar-refractivity contribution >= 4 is 43.6 Å². The van der Waals surface area contributed by atoms with E-state index in [1.54, 1.807) is 0 Å². The minimum absolute atomic E-state index is 0. The van der Waals surface area contributed by atoms with E-state index < -0.39 is 0 Å². The molecule has 0 fully saturated rings.